The van der Waals surface area contributed by atoms with Crippen LogP contribution in [0.4, 0.5) is 8.78 Å². The van der Waals surface area contributed by atoms with Gasteiger partial charge < -0.3 is 4.57 Å². The normalized spacial score (nSPS) is 22.7. The molecule has 1 aliphatic carbocycles. The lowest BCUT2D eigenvalue weighted by Crippen LogP contribution is -2.12. The predicted octanol–water partition coefficient (Wildman–Crippen LogP) is 4.73. The Kier molecular flexibility index (Phi) is 2.81. The zero-order valence-corrected chi connectivity index (χ0v) is 10.6. The fourth-order valence-electron chi connectivity index (χ4n) is 2.82. The number of rotatable bonds is 2. The Morgan fingerprint density at radius 1 is 1.33 bits per heavy atom. The van der Waals surface area contributed by atoms with E-state index in [1.807, 2.05) is 35.0 Å². The van der Waals surface area contributed by atoms with Crippen LogP contribution in [0.15, 0.2) is 30.5 Å². The van der Waals surface area contributed by atoms with Crippen molar-refractivity contribution in [3.8, 4) is 0 Å². The van der Waals surface area contributed by atoms with E-state index in [0.717, 1.165) is 10.9 Å². The predicted molar refractivity (Wildman–Crippen MR) is 69.2 cm³/mol. The number of halogens is 3. The lowest BCUT2D eigenvalue weighted by atomic mass is 10.1. The van der Waals surface area contributed by atoms with Gasteiger partial charge in [-0.15, -0.1) is 0 Å². The summed E-state index contributed by atoms with van der Waals surface area (Å²) in [5.74, 6) is -2.40. The number of hydrogen-bond donors (Lipinski definition) is 0. The molecule has 1 aliphatic rings. The van der Waals surface area contributed by atoms with E-state index in [2.05, 4.69) is 0 Å². The molecule has 0 bridgehead atoms. The lowest BCUT2D eigenvalue weighted by Gasteiger charge is -2.12. The molecule has 1 nitrogen and oxygen atoms in total. The molecule has 18 heavy (non-hydrogen) atoms. The molecular formula is C14H14ClF2N. The summed E-state index contributed by atoms with van der Waals surface area (Å²) in [6, 6.07) is 7.67. The molecule has 0 saturated heterocycles. The maximum Gasteiger partial charge on any atom is 0.248 e. The van der Waals surface area contributed by atoms with Crippen LogP contribution in [0.3, 0.4) is 0 Å². The molecule has 3 rings (SSSR count). The largest absolute Gasteiger partial charge is 0.347 e. The second kappa shape index (κ2) is 4.23. The highest BCUT2D eigenvalue weighted by Gasteiger charge is 2.39. The van der Waals surface area contributed by atoms with E-state index in [9.17, 15) is 8.78 Å². The maximum atomic E-state index is 13.2. The van der Waals surface area contributed by atoms with Crippen LogP contribution in [0.25, 0.3) is 10.9 Å². The van der Waals surface area contributed by atoms with Crippen molar-refractivity contribution in [1.29, 1.82) is 0 Å². The topological polar surface area (TPSA) is 4.93 Å². The van der Waals surface area contributed by atoms with Gasteiger partial charge in [0.15, 0.2) is 0 Å². The standard InChI is InChI=1S/C14H14ClF2N/c15-12-2-1-3-13-11(12)5-7-18(13)9-10-4-6-14(16,17)8-10/h1-3,5,7,10H,4,6,8-9H2. The first-order chi connectivity index (χ1) is 8.55. The van der Waals surface area contributed by atoms with Crippen molar-refractivity contribution < 1.29 is 8.78 Å². The van der Waals surface area contributed by atoms with E-state index >= 15 is 0 Å². The first-order valence-corrected chi connectivity index (χ1v) is 6.54. The summed E-state index contributed by atoms with van der Waals surface area (Å²) >= 11 is 6.10. The van der Waals surface area contributed by atoms with Crippen LogP contribution in [0.1, 0.15) is 19.3 Å². The highest BCUT2D eigenvalue weighted by Crippen LogP contribution is 2.40. The Bertz CT molecular complexity index is 576. The zero-order valence-electron chi connectivity index (χ0n) is 9.87. The van der Waals surface area contributed by atoms with Crippen molar-refractivity contribution in [2.24, 2.45) is 5.92 Å². The van der Waals surface area contributed by atoms with Crippen molar-refractivity contribution >= 4 is 22.5 Å². The molecule has 4 heteroatoms. The molecule has 1 saturated carbocycles. The summed E-state index contributed by atoms with van der Waals surface area (Å²) in [5, 5.41) is 1.70. The van der Waals surface area contributed by atoms with Gasteiger partial charge >= 0.3 is 0 Å². The fourth-order valence-corrected chi connectivity index (χ4v) is 3.05. The first kappa shape index (κ1) is 12.0. The van der Waals surface area contributed by atoms with Crippen LogP contribution < -0.4 is 0 Å². The van der Waals surface area contributed by atoms with E-state index in [-0.39, 0.29) is 18.8 Å². The summed E-state index contributed by atoms with van der Waals surface area (Å²) in [6.07, 6.45) is 2.57. The molecule has 0 aliphatic heterocycles. The maximum absolute atomic E-state index is 13.2. The number of aromatic nitrogens is 1. The second-order valence-corrected chi connectivity index (χ2v) is 5.51. The van der Waals surface area contributed by atoms with Gasteiger partial charge in [-0.1, -0.05) is 17.7 Å². The average Bonchev–Trinajstić information content (AvgIpc) is 2.85. The molecule has 1 aromatic heterocycles. The van der Waals surface area contributed by atoms with Gasteiger partial charge in [-0.2, -0.15) is 0 Å². The highest BCUT2D eigenvalue weighted by atomic mass is 35.5. The zero-order chi connectivity index (χ0) is 12.8. The van der Waals surface area contributed by atoms with Crippen LogP contribution in [-0.4, -0.2) is 10.5 Å². The minimum atomic E-state index is -2.47. The number of alkyl halides is 2. The van der Waals surface area contributed by atoms with Crippen LogP contribution in [-0.2, 0) is 6.54 Å². The molecule has 0 amide bonds. The van der Waals surface area contributed by atoms with Crippen molar-refractivity contribution in [3.05, 3.63) is 35.5 Å². The van der Waals surface area contributed by atoms with Gasteiger partial charge in [0.25, 0.3) is 0 Å². The molecule has 2 aromatic rings. The molecule has 1 atom stereocenters. The van der Waals surface area contributed by atoms with Gasteiger partial charge in [-0.25, -0.2) is 8.78 Å². The average molecular weight is 270 g/mol. The van der Waals surface area contributed by atoms with Crippen LogP contribution in [0, 0.1) is 5.92 Å². The minimum Gasteiger partial charge on any atom is -0.347 e. The Morgan fingerprint density at radius 3 is 2.89 bits per heavy atom. The summed E-state index contributed by atoms with van der Waals surface area (Å²) in [7, 11) is 0. The first-order valence-electron chi connectivity index (χ1n) is 6.16. The number of nitrogens with zero attached hydrogens (tertiary/aromatic N) is 1. The Balaban J connectivity index is 1.86. The van der Waals surface area contributed by atoms with E-state index in [1.54, 1.807) is 0 Å². The van der Waals surface area contributed by atoms with Crippen LogP contribution in [0.2, 0.25) is 5.02 Å². The minimum absolute atomic E-state index is 0.00718. The molecule has 0 N–H and O–H groups in total. The third-order valence-corrected chi connectivity index (χ3v) is 4.05. The SMILES string of the molecule is FC1(F)CCC(Cn2ccc3c(Cl)cccc32)C1. The third kappa shape index (κ3) is 2.12. The molecule has 1 heterocycles. The monoisotopic (exact) mass is 269 g/mol. The number of benzene rings is 1. The summed E-state index contributed by atoms with van der Waals surface area (Å²) in [6.45, 7) is 0.652. The smallest absolute Gasteiger partial charge is 0.248 e. The van der Waals surface area contributed by atoms with E-state index < -0.39 is 5.92 Å². The molecule has 1 aromatic carbocycles. The van der Waals surface area contributed by atoms with Gasteiger partial charge in [-0.3, -0.25) is 0 Å². The van der Waals surface area contributed by atoms with Gasteiger partial charge in [0.2, 0.25) is 5.92 Å². The summed E-state index contributed by atoms with van der Waals surface area (Å²) in [4.78, 5) is 0. The molecule has 0 radical (unpaired) electrons. The molecule has 0 spiro atoms. The van der Waals surface area contributed by atoms with Gasteiger partial charge in [0.05, 0.1) is 0 Å². The summed E-state index contributed by atoms with van der Waals surface area (Å²) in [5.41, 5.74) is 1.03. The lowest BCUT2D eigenvalue weighted by molar-refractivity contribution is 0.00441. The Morgan fingerprint density at radius 2 is 2.17 bits per heavy atom. The van der Waals surface area contributed by atoms with Crippen molar-refractivity contribution in [1.82, 2.24) is 4.57 Å². The number of fused-ring (bicyclic) bond motifs is 1. The van der Waals surface area contributed by atoms with Crippen molar-refractivity contribution in [2.45, 2.75) is 31.7 Å². The molecule has 96 valence electrons. The second-order valence-electron chi connectivity index (χ2n) is 5.11. The van der Waals surface area contributed by atoms with Gasteiger partial charge in [0, 0.05) is 41.5 Å². The third-order valence-electron chi connectivity index (χ3n) is 3.72. The van der Waals surface area contributed by atoms with E-state index in [0.29, 0.717) is 18.0 Å². The van der Waals surface area contributed by atoms with Crippen LogP contribution >= 0.6 is 11.6 Å². The van der Waals surface area contributed by atoms with E-state index in [1.165, 1.54) is 0 Å². The van der Waals surface area contributed by atoms with Crippen molar-refractivity contribution in [3.63, 3.8) is 0 Å². The number of hydrogen-bond acceptors (Lipinski definition) is 0. The molecule has 1 fully saturated rings. The van der Waals surface area contributed by atoms with Gasteiger partial charge in [0.1, 0.15) is 0 Å². The molecule has 1 unspecified atom stereocenters. The highest BCUT2D eigenvalue weighted by molar-refractivity contribution is 6.35. The Hall–Kier alpha value is -1.09. The van der Waals surface area contributed by atoms with Crippen LogP contribution in [0.5, 0.6) is 0 Å². The van der Waals surface area contributed by atoms with Crippen molar-refractivity contribution in [2.75, 3.05) is 0 Å². The molecular weight excluding hydrogens is 256 g/mol. The van der Waals surface area contributed by atoms with Gasteiger partial charge in [-0.05, 0) is 30.5 Å². The van der Waals surface area contributed by atoms with E-state index in [4.69, 9.17) is 11.6 Å². The quantitative estimate of drug-likeness (QED) is 0.743. The fraction of sp³-hybridized carbons (Fsp3) is 0.429. The Labute approximate surface area is 109 Å². The summed E-state index contributed by atoms with van der Waals surface area (Å²) < 4.78 is 28.4.